The molecule has 35 heavy (non-hydrogen) atoms. The van der Waals surface area contributed by atoms with E-state index in [0.29, 0.717) is 40.8 Å². The Balaban J connectivity index is 1.86. The predicted octanol–water partition coefficient (Wildman–Crippen LogP) is 5.66. The second-order valence-corrected chi connectivity index (χ2v) is 8.98. The first-order chi connectivity index (χ1) is 16.8. The average molecular weight is 472 g/mol. The summed E-state index contributed by atoms with van der Waals surface area (Å²) in [7, 11) is 1.54. The van der Waals surface area contributed by atoms with Crippen molar-refractivity contribution in [2.75, 3.05) is 18.6 Å². The van der Waals surface area contributed by atoms with Crippen LogP contribution in [0.15, 0.2) is 78.4 Å². The molecule has 1 unspecified atom stereocenters. The quantitative estimate of drug-likeness (QED) is 0.273. The standard InChI is InChI=1S/C29H29NO5/c1-18(2)17-35-22-14-12-20(13-15-22)27(31)25-26(23-10-5-6-11-24(23)34-4)30(29(33)28(25)32)21-9-7-8-19(3)16-21/h5-16,18,26,31H,17H2,1-4H3/b27-25+. The van der Waals surface area contributed by atoms with Gasteiger partial charge in [-0.25, -0.2) is 0 Å². The number of benzene rings is 3. The largest absolute Gasteiger partial charge is 0.507 e. The number of hydrogen-bond acceptors (Lipinski definition) is 5. The zero-order valence-electron chi connectivity index (χ0n) is 20.3. The maximum absolute atomic E-state index is 13.3. The Bertz CT molecular complexity index is 1280. The van der Waals surface area contributed by atoms with Gasteiger partial charge in [0.25, 0.3) is 11.7 Å². The number of anilines is 1. The molecule has 0 aliphatic carbocycles. The van der Waals surface area contributed by atoms with Gasteiger partial charge >= 0.3 is 0 Å². The third-order valence-electron chi connectivity index (χ3n) is 5.87. The van der Waals surface area contributed by atoms with Crippen molar-refractivity contribution in [2.24, 2.45) is 5.92 Å². The number of para-hydroxylation sites is 1. The third-order valence-corrected chi connectivity index (χ3v) is 5.87. The Labute approximate surface area is 205 Å². The molecule has 3 aromatic carbocycles. The molecule has 0 radical (unpaired) electrons. The van der Waals surface area contributed by atoms with Crippen LogP contribution in [0.5, 0.6) is 11.5 Å². The summed E-state index contributed by atoms with van der Waals surface area (Å²) in [6, 6.07) is 20.6. The van der Waals surface area contributed by atoms with Gasteiger partial charge in [-0.1, -0.05) is 44.2 Å². The number of carbonyl (C=O) groups excluding carboxylic acids is 2. The van der Waals surface area contributed by atoms with Gasteiger partial charge in [-0.3, -0.25) is 14.5 Å². The van der Waals surface area contributed by atoms with Gasteiger partial charge in [0.1, 0.15) is 17.3 Å². The molecule has 1 fully saturated rings. The van der Waals surface area contributed by atoms with E-state index in [1.807, 2.05) is 37.3 Å². The van der Waals surface area contributed by atoms with E-state index in [1.54, 1.807) is 42.5 Å². The van der Waals surface area contributed by atoms with Gasteiger partial charge in [0, 0.05) is 16.8 Å². The molecule has 1 heterocycles. The SMILES string of the molecule is COc1ccccc1C1/C(=C(\O)c2ccc(OCC(C)C)cc2)C(=O)C(=O)N1c1cccc(C)c1. The van der Waals surface area contributed by atoms with E-state index in [2.05, 4.69) is 13.8 Å². The zero-order chi connectivity index (χ0) is 25.1. The summed E-state index contributed by atoms with van der Waals surface area (Å²) < 4.78 is 11.3. The van der Waals surface area contributed by atoms with E-state index >= 15 is 0 Å². The van der Waals surface area contributed by atoms with E-state index in [9.17, 15) is 14.7 Å². The summed E-state index contributed by atoms with van der Waals surface area (Å²) in [5, 5.41) is 11.3. The fourth-order valence-electron chi connectivity index (χ4n) is 4.19. The fourth-order valence-corrected chi connectivity index (χ4v) is 4.19. The lowest BCUT2D eigenvalue weighted by molar-refractivity contribution is -0.132. The van der Waals surface area contributed by atoms with Crippen LogP contribution in [-0.4, -0.2) is 30.5 Å². The van der Waals surface area contributed by atoms with E-state index in [1.165, 1.54) is 12.0 Å². The first-order valence-corrected chi connectivity index (χ1v) is 11.6. The highest BCUT2D eigenvalue weighted by molar-refractivity contribution is 6.51. The zero-order valence-corrected chi connectivity index (χ0v) is 20.3. The number of aliphatic hydroxyl groups excluding tert-OH is 1. The molecule has 1 aliphatic heterocycles. The predicted molar refractivity (Wildman–Crippen MR) is 136 cm³/mol. The highest BCUT2D eigenvalue weighted by Crippen LogP contribution is 2.45. The average Bonchev–Trinajstić information content (AvgIpc) is 3.12. The Morgan fingerprint density at radius 1 is 1.00 bits per heavy atom. The molecule has 0 aromatic heterocycles. The minimum absolute atomic E-state index is 0.0110. The van der Waals surface area contributed by atoms with Crippen molar-refractivity contribution in [1.29, 1.82) is 0 Å². The van der Waals surface area contributed by atoms with Crippen LogP contribution in [0.2, 0.25) is 0 Å². The van der Waals surface area contributed by atoms with E-state index in [0.717, 1.165) is 5.56 Å². The molecule has 6 heteroatoms. The summed E-state index contributed by atoms with van der Waals surface area (Å²) >= 11 is 0. The highest BCUT2D eigenvalue weighted by Gasteiger charge is 2.47. The first kappa shape index (κ1) is 24.1. The van der Waals surface area contributed by atoms with Gasteiger partial charge in [-0.05, 0) is 60.9 Å². The number of ether oxygens (including phenoxy) is 2. The molecule has 0 spiro atoms. The van der Waals surface area contributed by atoms with Crippen molar-refractivity contribution in [3.8, 4) is 11.5 Å². The molecule has 0 saturated carbocycles. The fraction of sp³-hybridized carbons (Fsp3) is 0.241. The summed E-state index contributed by atoms with van der Waals surface area (Å²) in [4.78, 5) is 28.1. The number of rotatable bonds is 7. The molecule has 180 valence electrons. The van der Waals surface area contributed by atoms with Gasteiger partial charge in [-0.2, -0.15) is 0 Å². The molecular weight excluding hydrogens is 442 g/mol. The molecule has 1 saturated heterocycles. The monoisotopic (exact) mass is 471 g/mol. The Morgan fingerprint density at radius 3 is 2.37 bits per heavy atom. The molecule has 1 atom stereocenters. The van der Waals surface area contributed by atoms with Crippen molar-refractivity contribution >= 4 is 23.1 Å². The van der Waals surface area contributed by atoms with Crippen LogP contribution in [0, 0.1) is 12.8 Å². The summed E-state index contributed by atoms with van der Waals surface area (Å²) in [6.07, 6.45) is 0. The Morgan fingerprint density at radius 2 is 1.71 bits per heavy atom. The minimum Gasteiger partial charge on any atom is -0.507 e. The molecule has 3 aromatic rings. The number of amides is 1. The Kier molecular flexibility index (Phi) is 6.92. The second kappa shape index (κ2) is 10.1. The minimum atomic E-state index is -0.857. The Hall–Kier alpha value is -4.06. The molecule has 1 amide bonds. The summed E-state index contributed by atoms with van der Waals surface area (Å²) in [6.45, 7) is 6.61. The van der Waals surface area contributed by atoms with Crippen molar-refractivity contribution in [2.45, 2.75) is 26.8 Å². The number of nitrogens with zero attached hydrogens (tertiary/aromatic N) is 1. The van der Waals surface area contributed by atoms with Gasteiger partial charge in [0.15, 0.2) is 0 Å². The van der Waals surface area contributed by atoms with Crippen LogP contribution in [0.3, 0.4) is 0 Å². The number of hydrogen-bond donors (Lipinski definition) is 1. The number of Topliss-reactive ketones (excluding diaryl/α,β-unsaturated/α-hetero) is 1. The first-order valence-electron chi connectivity index (χ1n) is 11.6. The number of carbonyl (C=O) groups is 2. The van der Waals surface area contributed by atoms with Crippen LogP contribution >= 0.6 is 0 Å². The normalized spacial score (nSPS) is 17.2. The van der Waals surface area contributed by atoms with Gasteiger partial charge in [0.2, 0.25) is 0 Å². The number of methoxy groups -OCH3 is 1. The molecule has 1 N–H and O–H groups in total. The van der Waals surface area contributed by atoms with Gasteiger partial charge < -0.3 is 14.6 Å². The summed E-state index contributed by atoms with van der Waals surface area (Å²) in [5.74, 6) is -0.145. The second-order valence-electron chi connectivity index (χ2n) is 8.98. The van der Waals surface area contributed by atoms with Crippen molar-refractivity contribution in [1.82, 2.24) is 0 Å². The maximum atomic E-state index is 13.3. The van der Waals surface area contributed by atoms with Crippen LogP contribution in [0.1, 0.15) is 36.6 Å². The molecule has 6 nitrogen and oxygen atoms in total. The van der Waals surface area contributed by atoms with Gasteiger partial charge in [-0.15, -0.1) is 0 Å². The van der Waals surface area contributed by atoms with Crippen LogP contribution in [0.4, 0.5) is 5.69 Å². The maximum Gasteiger partial charge on any atom is 0.300 e. The lowest BCUT2D eigenvalue weighted by Gasteiger charge is -2.27. The number of aryl methyl sites for hydroxylation is 1. The van der Waals surface area contributed by atoms with Crippen molar-refractivity contribution in [3.63, 3.8) is 0 Å². The molecular formula is C29H29NO5. The molecule has 0 bridgehead atoms. The van der Waals surface area contributed by atoms with Crippen molar-refractivity contribution < 1.29 is 24.2 Å². The van der Waals surface area contributed by atoms with Crippen LogP contribution in [0.25, 0.3) is 5.76 Å². The number of ketones is 1. The smallest absolute Gasteiger partial charge is 0.300 e. The summed E-state index contributed by atoms with van der Waals surface area (Å²) in [5.41, 5.74) is 2.55. The lowest BCUT2D eigenvalue weighted by Crippen LogP contribution is -2.29. The number of aliphatic hydroxyl groups is 1. The molecule has 1 aliphatic rings. The van der Waals surface area contributed by atoms with Crippen LogP contribution < -0.4 is 14.4 Å². The van der Waals surface area contributed by atoms with E-state index in [-0.39, 0.29) is 11.3 Å². The van der Waals surface area contributed by atoms with Gasteiger partial charge in [0.05, 0.1) is 25.3 Å². The van der Waals surface area contributed by atoms with E-state index < -0.39 is 17.7 Å². The molecule has 4 rings (SSSR count). The lowest BCUT2D eigenvalue weighted by atomic mass is 9.94. The van der Waals surface area contributed by atoms with Crippen LogP contribution in [-0.2, 0) is 9.59 Å². The third kappa shape index (κ3) is 4.78. The van der Waals surface area contributed by atoms with Crippen molar-refractivity contribution in [3.05, 3.63) is 95.1 Å². The topological polar surface area (TPSA) is 76.1 Å². The van der Waals surface area contributed by atoms with E-state index in [4.69, 9.17) is 9.47 Å². The highest BCUT2D eigenvalue weighted by atomic mass is 16.5.